The topological polar surface area (TPSA) is 118 Å². The Kier molecular flexibility index (Phi) is 8.27. The summed E-state index contributed by atoms with van der Waals surface area (Å²) in [7, 11) is 0. The number of aromatic nitrogens is 1. The predicted octanol–water partition coefficient (Wildman–Crippen LogP) is 3.15. The molecular formula is C23H29N3O5. The fourth-order valence-electron chi connectivity index (χ4n) is 2.85. The van der Waals surface area contributed by atoms with E-state index in [2.05, 4.69) is 10.3 Å². The summed E-state index contributed by atoms with van der Waals surface area (Å²) in [5.41, 5.74) is 3.76. The molecule has 0 spiro atoms. The summed E-state index contributed by atoms with van der Waals surface area (Å²) < 4.78 is 5.30. The molecule has 2 aromatic rings. The second-order valence-electron chi connectivity index (χ2n) is 8.33. The SMILES string of the molecule is Cc1ccc(C[C@@H](NC(=O)OC(C)(C)C)C(=O)CCc2ccc(C(=O)NO)cc2)nc1. The van der Waals surface area contributed by atoms with Gasteiger partial charge in [0.05, 0.1) is 6.04 Å². The van der Waals surface area contributed by atoms with Crippen molar-refractivity contribution in [3.63, 3.8) is 0 Å². The Balaban J connectivity index is 2.06. The van der Waals surface area contributed by atoms with Crippen molar-refractivity contribution >= 4 is 17.8 Å². The molecule has 0 saturated carbocycles. The van der Waals surface area contributed by atoms with E-state index in [-0.39, 0.29) is 18.6 Å². The molecule has 1 heterocycles. The summed E-state index contributed by atoms with van der Waals surface area (Å²) in [5.74, 6) is -0.750. The van der Waals surface area contributed by atoms with Crippen LogP contribution in [0.5, 0.6) is 0 Å². The van der Waals surface area contributed by atoms with E-state index >= 15 is 0 Å². The van der Waals surface area contributed by atoms with Crippen molar-refractivity contribution in [2.75, 3.05) is 0 Å². The molecule has 0 fully saturated rings. The molecule has 2 rings (SSSR count). The zero-order chi connectivity index (χ0) is 23.0. The van der Waals surface area contributed by atoms with Crippen LogP contribution in [0.2, 0.25) is 0 Å². The Hall–Kier alpha value is -3.26. The zero-order valence-corrected chi connectivity index (χ0v) is 18.3. The fraction of sp³-hybridized carbons (Fsp3) is 0.391. The third kappa shape index (κ3) is 8.18. The number of hydrogen-bond donors (Lipinski definition) is 3. The van der Waals surface area contributed by atoms with Gasteiger partial charge >= 0.3 is 6.09 Å². The minimum absolute atomic E-state index is 0.148. The number of pyridine rings is 1. The van der Waals surface area contributed by atoms with Gasteiger partial charge in [0.15, 0.2) is 5.78 Å². The highest BCUT2D eigenvalue weighted by atomic mass is 16.6. The van der Waals surface area contributed by atoms with Gasteiger partial charge in [0.2, 0.25) is 0 Å². The smallest absolute Gasteiger partial charge is 0.408 e. The lowest BCUT2D eigenvalue weighted by Gasteiger charge is -2.23. The number of ketones is 1. The van der Waals surface area contributed by atoms with Gasteiger partial charge in [-0.25, -0.2) is 10.3 Å². The van der Waals surface area contributed by atoms with Gasteiger partial charge in [-0.15, -0.1) is 0 Å². The largest absolute Gasteiger partial charge is 0.444 e. The molecule has 0 unspecified atom stereocenters. The molecule has 0 aliphatic carbocycles. The van der Waals surface area contributed by atoms with E-state index in [0.29, 0.717) is 17.7 Å². The maximum absolute atomic E-state index is 12.9. The summed E-state index contributed by atoms with van der Waals surface area (Å²) in [6.07, 6.45) is 1.95. The van der Waals surface area contributed by atoms with Gasteiger partial charge in [-0.3, -0.25) is 19.8 Å². The van der Waals surface area contributed by atoms with Crippen molar-refractivity contribution < 1.29 is 24.3 Å². The lowest BCUT2D eigenvalue weighted by molar-refractivity contribution is -0.121. The van der Waals surface area contributed by atoms with Crippen LogP contribution in [0.3, 0.4) is 0 Å². The quantitative estimate of drug-likeness (QED) is 0.440. The Morgan fingerprint density at radius 1 is 1.10 bits per heavy atom. The number of alkyl carbamates (subject to hydrolysis) is 1. The van der Waals surface area contributed by atoms with Gasteiger partial charge in [0, 0.05) is 30.3 Å². The second kappa shape index (κ2) is 10.7. The highest BCUT2D eigenvalue weighted by Crippen LogP contribution is 2.12. The van der Waals surface area contributed by atoms with Crippen LogP contribution in [0.15, 0.2) is 42.6 Å². The molecule has 0 saturated heterocycles. The van der Waals surface area contributed by atoms with Gasteiger partial charge in [-0.2, -0.15) is 0 Å². The van der Waals surface area contributed by atoms with Crippen LogP contribution in [0, 0.1) is 6.92 Å². The normalized spacial score (nSPS) is 12.0. The van der Waals surface area contributed by atoms with Gasteiger partial charge < -0.3 is 10.1 Å². The van der Waals surface area contributed by atoms with E-state index in [0.717, 1.165) is 11.1 Å². The number of ether oxygens (including phenoxy) is 1. The predicted molar refractivity (Wildman–Crippen MR) is 115 cm³/mol. The first-order valence-corrected chi connectivity index (χ1v) is 10.0. The van der Waals surface area contributed by atoms with E-state index < -0.39 is 23.6 Å². The summed E-state index contributed by atoms with van der Waals surface area (Å²) >= 11 is 0. The molecule has 0 aliphatic rings. The van der Waals surface area contributed by atoms with Gasteiger partial charge in [0.1, 0.15) is 5.60 Å². The van der Waals surface area contributed by atoms with Crippen LogP contribution in [0.4, 0.5) is 4.79 Å². The minimum Gasteiger partial charge on any atom is -0.444 e. The lowest BCUT2D eigenvalue weighted by Crippen LogP contribution is -2.45. The number of nitrogens with one attached hydrogen (secondary N) is 2. The van der Waals surface area contributed by atoms with Crippen molar-refractivity contribution in [1.29, 1.82) is 0 Å². The van der Waals surface area contributed by atoms with E-state index in [4.69, 9.17) is 9.94 Å². The maximum Gasteiger partial charge on any atom is 0.408 e. The first-order valence-electron chi connectivity index (χ1n) is 10.0. The van der Waals surface area contributed by atoms with Gasteiger partial charge in [-0.1, -0.05) is 18.2 Å². The summed E-state index contributed by atoms with van der Waals surface area (Å²) in [6, 6.07) is 9.53. The molecule has 3 N–H and O–H groups in total. The van der Waals surface area contributed by atoms with Crippen molar-refractivity contribution in [1.82, 2.24) is 15.8 Å². The molecule has 31 heavy (non-hydrogen) atoms. The Morgan fingerprint density at radius 2 is 1.77 bits per heavy atom. The summed E-state index contributed by atoms with van der Waals surface area (Å²) in [6.45, 7) is 7.19. The standard InChI is InChI=1S/C23H29N3O5/c1-15-5-11-18(24-14-15)13-19(25-22(29)31-23(2,3)4)20(27)12-8-16-6-9-17(10-7-16)21(28)26-30/h5-7,9-11,14,19,30H,8,12-13H2,1-4H3,(H,25,29)(H,26,28)/t19-/m1/s1. The number of rotatable bonds is 8. The number of hydroxylamine groups is 1. The molecule has 1 aromatic heterocycles. The van der Waals surface area contributed by atoms with Crippen molar-refractivity contribution in [2.24, 2.45) is 0 Å². The Labute approximate surface area is 182 Å². The number of nitrogens with zero attached hydrogens (tertiary/aromatic N) is 1. The van der Waals surface area contributed by atoms with Crippen molar-refractivity contribution in [3.8, 4) is 0 Å². The molecule has 1 aromatic carbocycles. The molecule has 1 atom stereocenters. The summed E-state index contributed by atoms with van der Waals surface area (Å²) in [5, 5.41) is 11.4. The zero-order valence-electron chi connectivity index (χ0n) is 18.3. The first-order chi connectivity index (χ1) is 14.6. The van der Waals surface area contributed by atoms with E-state index in [1.165, 1.54) is 0 Å². The number of aryl methyl sites for hydroxylation is 2. The van der Waals surface area contributed by atoms with Crippen LogP contribution in [0.25, 0.3) is 0 Å². The fourth-order valence-corrected chi connectivity index (χ4v) is 2.85. The van der Waals surface area contributed by atoms with Crippen molar-refractivity contribution in [3.05, 3.63) is 65.0 Å². The number of carbonyl (C=O) groups is 3. The Bertz CT molecular complexity index is 902. The second-order valence-corrected chi connectivity index (χ2v) is 8.33. The third-order valence-corrected chi connectivity index (χ3v) is 4.44. The molecule has 2 amide bonds. The minimum atomic E-state index is -0.774. The number of benzene rings is 1. The van der Waals surface area contributed by atoms with Gasteiger partial charge in [-0.05, 0) is 63.4 Å². The summed E-state index contributed by atoms with van der Waals surface area (Å²) in [4.78, 5) is 40.9. The van der Waals surface area contributed by atoms with Crippen LogP contribution >= 0.6 is 0 Å². The highest BCUT2D eigenvalue weighted by Gasteiger charge is 2.25. The van der Waals surface area contributed by atoms with E-state index in [9.17, 15) is 14.4 Å². The number of hydrogen-bond acceptors (Lipinski definition) is 6. The van der Waals surface area contributed by atoms with E-state index in [1.807, 2.05) is 19.1 Å². The van der Waals surface area contributed by atoms with Crippen molar-refractivity contribution in [2.45, 2.75) is 58.6 Å². The van der Waals surface area contributed by atoms with Crippen LogP contribution in [-0.2, 0) is 22.4 Å². The number of Topliss-reactive ketones (excluding diaryl/α,β-unsaturated/α-hetero) is 1. The Morgan fingerprint density at radius 3 is 2.32 bits per heavy atom. The lowest BCUT2D eigenvalue weighted by atomic mass is 9.99. The first kappa shape index (κ1) is 24.0. The van der Waals surface area contributed by atoms with Crippen LogP contribution in [-0.4, -0.2) is 39.6 Å². The van der Waals surface area contributed by atoms with Crippen LogP contribution < -0.4 is 10.8 Å². The average molecular weight is 428 g/mol. The van der Waals surface area contributed by atoms with E-state index in [1.54, 1.807) is 56.7 Å². The average Bonchev–Trinajstić information content (AvgIpc) is 2.71. The molecule has 166 valence electrons. The number of carbonyl (C=O) groups excluding carboxylic acids is 3. The van der Waals surface area contributed by atoms with Gasteiger partial charge in [0.25, 0.3) is 5.91 Å². The molecule has 0 aliphatic heterocycles. The maximum atomic E-state index is 12.9. The monoisotopic (exact) mass is 427 g/mol. The molecule has 0 bridgehead atoms. The third-order valence-electron chi connectivity index (χ3n) is 4.44. The molecule has 8 nitrogen and oxygen atoms in total. The molecule has 0 radical (unpaired) electrons. The molecular weight excluding hydrogens is 398 g/mol. The highest BCUT2D eigenvalue weighted by molar-refractivity contribution is 5.93. The van der Waals surface area contributed by atoms with Crippen LogP contribution in [0.1, 0.15) is 54.4 Å². The number of amides is 2. The molecule has 8 heteroatoms.